The van der Waals surface area contributed by atoms with Crippen molar-refractivity contribution < 1.29 is 4.39 Å². The summed E-state index contributed by atoms with van der Waals surface area (Å²) >= 11 is 0. The number of hydrogen-bond donors (Lipinski definition) is 0. The Morgan fingerprint density at radius 3 is 1.52 bits per heavy atom. The summed E-state index contributed by atoms with van der Waals surface area (Å²) < 4.78 is 18.1. The smallest absolute Gasteiger partial charge is 0.252 e. The van der Waals surface area contributed by atoms with Gasteiger partial charge in [-0.1, -0.05) is 182 Å². The highest BCUT2D eigenvalue weighted by Gasteiger charge is 2.59. The number of nitrogens with zero attached hydrogens (tertiary/aromatic N) is 3. The van der Waals surface area contributed by atoms with Gasteiger partial charge in [0, 0.05) is 61.6 Å². The highest BCUT2D eigenvalue weighted by Crippen LogP contribution is 2.63. The van der Waals surface area contributed by atoms with Crippen LogP contribution in [0.15, 0.2) is 152 Å². The van der Waals surface area contributed by atoms with Gasteiger partial charge in [0.25, 0.3) is 6.71 Å². The van der Waals surface area contributed by atoms with Crippen LogP contribution >= 0.6 is 0 Å². The summed E-state index contributed by atoms with van der Waals surface area (Å²) in [7, 11) is 0. The van der Waals surface area contributed by atoms with E-state index >= 15 is 4.39 Å². The molecule has 1 saturated carbocycles. The molecule has 0 aromatic heterocycles. The van der Waals surface area contributed by atoms with Gasteiger partial charge >= 0.3 is 0 Å². The van der Waals surface area contributed by atoms with Crippen molar-refractivity contribution in [2.45, 2.75) is 173 Å². The van der Waals surface area contributed by atoms with E-state index in [1.165, 1.54) is 112 Å². The van der Waals surface area contributed by atoms with E-state index in [1.807, 2.05) is 6.07 Å². The zero-order valence-corrected chi connectivity index (χ0v) is 50.0. The van der Waals surface area contributed by atoms with Crippen molar-refractivity contribution >= 4 is 68.6 Å². The van der Waals surface area contributed by atoms with Crippen molar-refractivity contribution in [2.75, 3.05) is 14.7 Å². The maximum Gasteiger partial charge on any atom is 0.252 e. The second-order valence-corrected chi connectivity index (χ2v) is 29.4. The Morgan fingerprint density at radius 2 is 0.950 bits per heavy atom. The molecule has 6 bridgehead atoms. The van der Waals surface area contributed by atoms with E-state index in [4.69, 9.17) is 0 Å². The van der Waals surface area contributed by atoms with Crippen LogP contribution in [0.1, 0.15) is 174 Å². The van der Waals surface area contributed by atoms with Gasteiger partial charge in [0.15, 0.2) is 0 Å². The normalized spacial score (nSPS) is 22.0. The largest absolute Gasteiger partial charge is 0.334 e. The van der Waals surface area contributed by atoms with E-state index < -0.39 is 5.41 Å². The third-order valence-electron chi connectivity index (χ3n) is 21.1. The molecule has 0 saturated heterocycles. The molecule has 1 fully saturated rings. The molecule has 404 valence electrons. The van der Waals surface area contributed by atoms with Crippen LogP contribution in [0.3, 0.4) is 0 Å². The summed E-state index contributed by atoms with van der Waals surface area (Å²) in [6.45, 7) is 33.2. The van der Waals surface area contributed by atoms with Crippen LogP contribution in [0.4, 0.5) is 49.9 Å². The number of fused-ring (bicyclic) bond motifs is 7. The minimum absolute atomic E-state index is 0.0610. The minimum Gasteiger partial charge on any atom is -0.334 e. The number of halogens is 1. The molecule has 0 amide bonds. The highest BCUT2D eigenvalue weighted by molar-refractivity contribution is 7.00. The average molecular weight is 1050 g/mol. The third kappa shape index (κ3) is 7.16. The Kier molecular flexibility index (Phi) is 10.8. The number of rotatable bonds is 4. The molecule has 0 spiro atoms. The third-order valence-corrected chi connectivity index (χ3v) is 21.1. The van der Waals surface area contributed by atoms with Gasteiger partial charge in [-0.25, -0.2) is 4.39 Å². The second-order valence-electron chi connectivity index (χ2n) is 29.4. The molecule has 3 nitrogen and oxygen atoms in total. The Morgan fingerprint density at radius 1 is 0.425 bits per heavy atom. The van der Waals surface area contributed by atoms with Crippen molar-refractivity contribution in [3.63, 3.8) is 0 Å². The number of hydrogen-bond acceptors (Lipinski definition) is 3. The molecule has 4 heterocycles. The molecule has 8 aromatic rings. The molecule has 4 aliphatic heterocycles. The van der Waals surface area contributed by atoms with Crippen LogP contribution in [0, 0.1) is 5.82 Å². The Labute approximate surface area is 477 Å². The van der Waals surface area contributed by atoms with Crippen LogP contribution in [0.2, 0.25) is 0 Å². The molecule has 3 atom stereocenters. The first-order chi connectivity index (χ1) is 37.8. The van der Waals surface area contributed by atoms with Gasteiger partial charge in [-0.2, -0.15) is 0 Å². The highest BCUT2D eigenvalue weighted by atomic mass is 19.1. The first kappa shape index (κ1) is 51.3. The molecule has 80 heavy (non-hydrogen) atoms. The van der Waals surface area contributed by atoms with Crippen molar-refractivity contribution in [2.24, 2.45) is 0 Å². The summed E-state index contributed by atoms with van der Waals surface area (Å²) in [4.78, 5) is 8.06. The molecule has 5 heteroatoms. The summed E-state index contributed by atoms with van der Waals surface area (Å²) in [6.07, 6.45) is 6.15. The lowest BCUT2D eigenvalue weighted by Crippen LogP contribution is -2.62. The van der Waals surface area contributed by atoms with Gasteiger partial charge in [-0.3, -0.25) is 0 Å². The molecule has 0 radical (unpaired) electrons. The van der Waals surface area contributed by atoms with Crippen LogP contribution in [0.25, 0.3) is 22.3 Å². The van der Waals surface area contributed by atoms with E-state index in [0.717, 1.165) is 49.8 Å². The lowest BCUT2D eigenvalue weighted by molar-refractivity contribution is 0.194. The zero-order valence-electron chi connectivity index (χ0n) is 50.0. The van der Waals surface area contributed by atoms with Crippen molar-refractivity contribution in [3.8, 4) is 22.3 Å². The van der Waals surface area contributed by atoms with E-state index in [0.29, 0.717) is 0 Å². The standard InChI is InChI=1S/C75H79BFN3/c1-69(2,3)48-27-30-61(52(37-48)46-23-17-15-18-24-46)78-63-32-29-51-41-58(63)76-59-42-55-54(72(10,11)35-36-73(55,12)56-45-64-57(43-60(56)77)74(13)33-21-22-34-75(74,14)80(51)64)44-65(59)79(67-40-50(71(7,8)9)39-66(78)68(67)76)62-31-28-49(70(4,5)6)38-53(62)47-25-19-16-20-26-47/h15-20,23-32,37-45H,21-22,33-36H2,1-14H3. The van der Waals surface area contributed by atoms with E-state index in [-0.39, 0.29) is 45.1 Å². The summed E-state index contributed by atoms with van der Waals surface area (Å²) in [6, 6.07) is 58.9. The quantitative estimate of drug-likeness (QED) is 0.163. The van der Waals surface area contributed by atoms with Crippen molar-refractivity contribution in [3.05, 3.63) is 196 Å². The summed E-state index contributed by atoms with van der Waals surface area (Å²) in [5.41, 5.74) is 25.1. The van der Waals surface area contributed by atoms with Gasteiger partial charge in [0.05, 0.1) is 16.9 Å². The molecule has 8 aromatic carbocycles. The fraction of sp³-hybridized carbons (Fsp3) is 0.360. The van der Waals surface area contributed by atoms with Gasteiger partial charge in [-0.05, 0) is 188 Å². The molecule has 3 unspecified atom stereocenters. The van der Waals surface area contributed by atoms with Crippen LogP contribution in [-0.4, -0.2) is 12.3 Å². The Bertz CT molecular complexity index is 3910. The topological polar surface area (TPSA) is 9.72 Å². The Balaban J connectivity index is 1.18. The number of benzene rings is 8. The fourth-order valence-electron chi connectivity index (χ4n) is 15.9. The minimum atomic E-state index is -0.594. The molecule has 14 rings (SSSR count). The maximum atomic E-state index is 18.1. The van der Waals surface area contributed by atoms with Gasteiger partial charge in [0.1, 0.15) is 5.82 Å². The monoisotopic (exact) mass is 1050 g/mol. The molecular weight excluding hydrogens is 973 g/mol. The van der Waals surface area contributed by atoms with Crippen LogP contribution in [0.5, 0.6) is 0 Å². The van der Waals surface area contributed by atoms with Gasteiger partial charge in [0.2, 0.25) is 0 Å². The Hall–Kier alpha value is -6.85. The zero-order chi connectivity index (χ0) is 56.0. The second kappa shape index (κ2) is 16.9. The van der Waals surface area contributed by atoms with Crippen molar-refractivity contribution in [1.82, 2.24) is 0 Å². The molecule has 0 N–H and O–H groups in total. The molecular formula is C75H79BFN3. The predicted octanol–water partition coefficient (Wildman–Crippen LogP) is 18.6. The fourth-order valence-corrected chi connectivity index (χ4v) is 15.9. The molecule has 2 aliphatic carbocycles. The first-order valence-corrected chi connectivity index (χ1v) is 30.0. The van der Waals surface area contributed by atoms with Crippen LogP contribution in [-0.2, 0) is 32.5 Å². The number of anilines is 8. The van der Waals surface area contributed by atoms with Crippen molar-refractivity contribution in [1.29, 1.82) is 0 Å². The van der Waals surface area contributed by atoms with Crippen LogP contribution < -0.4 is 31.1 Å². The summed E-state index contributed by atoms with van der Waals surface area (Å²) in [5.74, 6) is -0.0610. The van der Waals surface area contributed by atoms with E-state index in [9.17, 15) is 0 Å². The summed E-state index contributed by atoms with van der Waals surface area (Å²) in [5, 5.41) is 0. The van der Waals surface area contributed by atoms with Gasteiger partial charge < -0.3 is 14.7 Å². The van der Waals surface area contributed by atoms with Gasteiger partial charge in [-0.15, -0.1) is 0 Å². The predicted molar refractivity (Wildman–Crippen MR) is 339 cm³/mol. The first-order valence-electron chi connectivity index (χ1n) is 30.0. The SMILES string of the molecule is CC(C)(C)c1ccc(N2c3ccc4cc3B3c5cc6c(cc5N(c5ccc(C(C)(C)C)cc5-c5ccccc5)c5cc(C(C)(C)C)cc2c53)C(C)(C)CCC6(C)c2cc3c(cc2F)C2(C)CCCCC2(C)N43)c(-c2ccccc2)c1. The maximum absolute atomic E-state index is 18.1. The lowest BCUT2D eigenvalue weighted by Gasteiger charge is -2.51. The lowest BCUT2D eigenvalue weighted by atomic mass is 9.33. The van der Waals surface area contributed by atoms with E-state index in [2.05, 4.69) is 257 Å². The van der Waals surface area contributed by atoms with E-state index in [1.54, 1.807) is 0 Å². The average Bonchev–Trinajstić information content (AvgIpc) is 1.63. The molecule has 6 aliphatic rings.